The molecule has 0 unspecified atom stereocenters. The van der Waals surface area contributed by atoms with Crippen LogP contribution >= 0.6 is 0 Å². The molecule has 0 spiro atoms. The molecular formula is C26H23F2N5O2. The lowest BCUT2D eigenvalue weighted by Crippen LogP contribution is -2.24. The second-order valence-electron chi connectivity index (χ2n) is 8.41. The lowest BCUT2D eigenvalue weighted by molar-refractivity contribution is 0.0798. The van der Waals surface area contributed by atoms with E-state index in [4.69, 9.17) is 10.5 Å². The largest absolute Gasteiger partial charge is 0.472 e. The number of fused-ring (bicyclic) bond motifs is 1. The molecule has 2 aromatic carbocycles. The van der Waals surface area contributed by atoms with Gasteiger partial charge in [0, 0.05) is 30.6 Å². The van der Waals surface area contributed by atoms with Crippen molar-refractivity contribution < 1.29 is 13.5 Å². The number of aliphatic imine (C=N–C) groups is 1. The van der Waals surface area contributed by atoms with E-state index in [1.165, 1.54) is 16.3 Å². The highest BCUT2D eigenvalue weighted by Gasteiger charge is 2.24. The maximum Gasteiger partial charge on any atom is 0.281 e. The summed E-state index contributed by atoms with van der Waals surface area (Å²) in [5, 5.41) is 4.51. The number of anilines is 1. The van der Waals surface area contributed by atoms with Crippen LogP contribution in [0.1, 0.15) is 29.9 Å². The van der Waals surface area contributed by atoms with E-state index in [1.807, 2.05) is 24.3 Å². The predicted octanol–water partition coefficient (Wildman–Crippen LogP) is 4.60. The van der Waals surface area contributed by atoms with Crippen LogP contribution in [0.4, 0.5) is 14.5 Å². The summed E-state index contributed by atoms with van der Waals surface area (Å²) < 4.78 is 31.7. The number of benzene rings is 2. The van der Waals surface area contributed by atoms with E-state index in [2.05, 4.69) is 15.1 Å². The molecule has 1 aliphatic rings. The molecular weight excluding hydrogens is 452 g/mol. The fraction of sp³-hybridized carbons (Fsp3) is 0.231. The van der Waals surface area contributed by atoms with E-state index >= 15 is 0 Å². The Labute approximate surface area is 199 Å². The Morgan fingerprint density at radius 1 is 1.17 bits per heavy atom. The summed E-state index contributed by atoms with van der Waals surface area (Å²) >= 11 is 0. The normalized spacial score (nSPS) is 13.7. The lowest BCUT2D eigenvalue weighted by Gasteiger charge is -2.13. The van der Waals surface area contributed by atoms with Gasteiger partial charge in [-0.05, 0) is 54.2 Å². The molecule has 35 heavy (non-hydrogen) atoms. The number of rotatable bonds is 7. The fourth-order valence-electron chi connectivity index (χ4n) is 4.01. The molecule has 2 heterocycles. The van der Waals surface area contributed by atoms with E-state index in [0.29, 0.717) is 39.5 Å². The Hall–Kier alpha value is -4.14. The summed E-state index contributed by atoms with van der Waals surface area (Å²) in [6.07, 6.45) is 1.30. The summed E-state index contributed by atoms with van der Waals surface area (Å²) in [5.41, 5.74) is 10.2. The van der Waals surface area contributed by atoms with Crippen LogP contribution < -0.4 is 16.0 Å². The van der Waals surface area contributed by atoms with Crippen LogP contribution in [0, 0.1) is 0 Å². The Balaban J connectivity index is 1.71. The molecule has 5 rings (SSSR count). The van der Waals surface area contributed by atoms with Crippen LogP contribution in [0.15, 0.2) is 64.4 Å². The molecule has 7 nitrogen and oxygen atoms in total. The molecule has 1 saturated carbocycles. The molecule has 0 aliphatic heterocycles. The lowest BCUT2D eigenvalue weighted by atomic mass is 10.0. The first-order chi connectivity index (χ1) is 16.9. The number of hydrogen-bond donors (Lipinski definition) is 1. The smallest absolute Gasteiger partial charge is 0.281 e. The molecule has 0 amide bonds. The van der Waals surface area contributed by atoms with E-state index in [9.17, 15) is 13.6 Å². The number of nitrogens with zero attached hydrogens (tertiary/aromatic N) is 4. The van der Waals surface area contributed by atoms with Gasteiger partial charge in [0.15, 0.2) is 6.61 Å². The minimum atomic E-state index is -2.64. The summed E-state index contributed by atoms with van der Waals surface area (Å²) in [7, 11) is 1.63. The first-order valence-electron chi connectivity index (χ1n) is 11.2. The zero-order valence-electron chi connectivity index (χ0n) is 19.0. The molecule has 2 N–H and O–H groups in total. The first-order valence-corrected chi connectivity index (χ1v) is 11.2. The summed E-state index contributed by atoms with van der Waals surface area (Å²) in [5.74, 6) is 0.567. The van der Waals surface area contributed by atoms with Gasteiger partial charge >= 0.3 is 0 Å². The third-order valence-corrected chi connectivity index (χ3v) is 5.89. The highest BCUT2D eigenvalue weighted by Crippen LogP contribution is 2.40. The van der Waals surface area contributed by atoms with Crippen molar-refractivity contribution in [3.63, 3.8) is 0 Å². The zero-order chi connectivity index (χ0) is 24.5. The van der Waals surface area contributed by atoms with Gasteiger partial charge in [-0.25, -0.2) is 13.8 Å². The van der Waals surface area contributed by atoms with Gasteiger partial charge < -0.3 is 10.5 Å². The Kier molecular flexibility index (Phi) is 5.98. The third kappa shape index (κ3) is 4.62. The number of aromatic nitrogens is 3. The van der Waals surface area contributed by atoms with E-state index in [-0.39, 0.29) is 11.4 Å². The summed E-state index contributed by atoms with van der Waals surface area (Å²) in [6, 6.07) is 16.0. The monoisotopic (exact) mass is 475 g/mol. The molecule has 1 fully saturated rings. The van der Waals surface area contributed by atoms with Crippen molar-refractivity contribution in [2.45, 2.75) is 25.2 Å². The van der Waals surface area contributed by atoms with Crippen molar-refractivity contribution in [2.75, 3.05) is 19.4 Å². The standard InChI is InChI=1S/C26H23F2N5O2/c1-30-13-18-12-19(8-9-20(18)29)33-26(34)24(17-6-4-16(5-7-17)15-2-3-15)25-21(32-33)10-11-23(31-25)35-14-22(27)28/h4-13,15,22H,2-3,14,29H2,1H3. The molecule has 0 bridgehead atoms. The van der Waals surface area contributed by atoms with E-state index in [0.717, 1.165) is 12.8 Å². The average molecular weight is 475 g/mol. The predicted molar refractivity (Wildman–Crippen MR) is 132 cm³/mol. The van der Waals surface area contributed by atoms with E-state index in [1.54, 1.807) is 37.5 Å². The highest BCUT2D eigenvalue weighted by molar-refractivity contribution is 5.91. The van der Waals surface area contributed by atoms with Crippen molar-refractivity contribution in [1.29, 1.82) is 0 Å². The van der Waals surface area contributed by atoms with Gasteiger partial charge in [-0.3, -0.25) is 9.79 Å². The molecule has 4 aromatic rings. The molecule has 0 radical (unpaired) electrons. The van der Waals surface area contributed by atoms with Crippen molar-refractivity contribution in [2.24, 2.45) is 4.99 Å². The van der Waals surface area contributed by atoms with Crippen molar-refractivity contribution in [3.05, 3.63) is 76.1 Å². The van der Waals surface area contributed by atoms with Crippen molar-refractivity contribution in [1.82, 2.24) is 14.8 Å². The van der Waals surface area contributed by atoms with Crippen LogP contribution in [0.5, 0.6) is 5.88 Å². The maximum absolute atomic E-state index is 13.8. The number of hydrogen-bond acceptors (Lipinski definition) is 6. The second-order valence-corrected chi connectivity index (χ2v) is 8.41. The number of halogens is 2. The van der Waals surface area contributed by atoms with Gasteiger partial charge in [-0.15, -0.1) is 0 Å². The SMILES string of the molecule is CN=Cc1cc(-n2nc3ccc(OCC(F)F)nc3c(-c3ccc(C4CC4)cc3)c2=O)ccc1N. The highest BCUT2D eigenvalue weighted by atomic mass is 19.3. The van der Waals surface area contributed by atoms with Gasteiger partial charge in [0.05, 0.1) is 11.3 Å². The summed E-state index contributed by atoms with van der Waals surface area (Å²) in [6.45, 7) is -0.790. The number of alkyl halides is 2. The Morgan fingerprint density at radius 2 is 1.94 bits per heavy atom. The van der Waals surface area contributed by atoms with Gasteiger partial charge in [0.2, 0.25) is 5.88 Å². The van der Waals surface area contributed by atoms with Crippen LogP contribution in [0.3, 0.4) is 0 Å². The van der Waals surface area contributed by atoms with Crippen LogP contribution in [-0.2, 0) is 0 Å². The van der Waals surface area contributed by atoms with Gasteiger partial charge in [0.25, 0.3) is 12.0 Å². The van der Waals surface area contributed by atoms with Crippen LogP contribution in [-0.4, -0.2) is 41.1 Å². The fourth-order valence-corrected chi connectivity index (χ4v) is 4.01. The summed E-state index contributed by atoms with van der Waals surface area (Å²) in [4.78, 5) is 22.2. The average Bonchev–Trinajstić information content (AvgIpc) is 3.70. The zero-order valence-corrected chi connectivity index (χ0v) is 19.0. The Morgan fingerprint density at radius 3 is 2.63 bits per heavy atom. The second kappa shape index (κ2) is 9.25. The quantitative estimate of drug-likeness (QED) is 0.311. The number of ether oxygens (including phenoxy) is 1. The van der Waals surface area contributed by atoms with Crippen LogP contribution in [0.2, 0.25) is 0 Å². The number of nitrogens with two attached hydrogens (primary N) is 1. The molecule has 1 aliphatic carbocycles. The Bertz CT molecular complexity index is 1480. The number of pyridine rings is 1. The minimum Gasteiger partial charge on any atom is -0.472 e. The molecule has 9 heteroatoms. The van der Waals surface area contributed by atoms with E-state index < -0.39 is 18.6 Å². The van der Waals surface area contributed by atoms with Crippen molar-refractivity contribution in [3.8, 4) is 22.7 Å². The maximum atomic E-state index is 13.8. The molecule has 0 saturated heterocycles. The number of nitrogen functional groups attached to an aromatic ring is 1. The van der Waals surface area contributed by atoms with Crippen molar-refractivity contribution >= 4 is 22.9 Å². The van der Waals surface area contributed by atoms with Gasteiger partial charge in [-0.1, -0.05) is 24.3 Å². The van der Waals surface area contributed by atoms with Crippen LogP contribution in [0.25, 0.3) is 27.8 Å². The topological polar surface area (TPSA) is 95.4 Å². The third-order valence-electron chi connectivity index (χ3n) is 5.89. The first kappa shape index (κ1) is 22.6. The van der Waals surface area contributed by atoms with Gasteiger partial charge in [-0.2, -0.15) is 9.78 Å². The molecule has 178 valence electrons. The minimum absolute atomic E-state index is 0.00142. The molecule has 2 aromatic heterocycles. The van der Waals surface area contributed by atoms with Gasteiger partial charge in [0.1, 0.15) is 11.0 Å². The molecule has 0 atom stereocenters.